The lowest BCUT2D eigenvalue weighted by Crippen LogP contribution is -2.63. The van der Waals surface area contributed by atoms with E-state index in [-0.39, 0.29) is 29.1 Å². The van der Waals surface area contributed by atoms with Crippen LogP contribution in [0.1, 0.15) is 19.8 Å². The van der Waals surface area contributed by atoms with E-state index in [4.69, 9.17) is 4.74 Å². The molecule has 16 heavy (non-hydrogen) atoms. The van der Waals surface area contributed by atoms with E-state index in [9.17, 15) is 13.2 Å². The summed E-state index contributed by atoms with van der Waals surface area (Å²) >= 11 is 0. The SMILES string of the molecule is COC(=O)C1CCN1C1(C)CCS(=O)(=O)C1. The first-order valence-electron chi connectivity index (χ1n) is 5.43. The number of hydrogen-bond donors (Lipinski definition) is 0. The first-order chi connectivity index (χ1) is 7.38. The average Bonchev–Trinajstić information content (AvgIpc) is 2.38. The minimum absolute atomic E-state index is 0.160. The van der Waals surface area contributed by atoms with E-state index in [0.29, 0.717) is 6.42 Å². The highest BCUT2D eigenvalue weighted by atomic mass is 32.2. The van der Waals surface area contributed by atoms with E-state index in [1.807, 2.05) is 11.8 Å². The molecule has 0 spiro atoms. The van der Waals surface area contributed by atoms with Gasteiger partial charge in [-0.05, 0) is 19.8 Å². The standard InChI is InChI=1S/C10H17NO4S/c1-10(4-6-16(13,14)7-10)11-5-3-8(11)9(12)15-2/h8H,3-7H2,1-2H3. The van der Waals surface area contributed by atoms with Gasteiger partial charge in [-0.2, -0.15) is 0 Å². The largest absolute Gasteiger partial charge is 0.468 e. The van der Waals surface area contributed by atoms with Crippen LogP contribution in [-0.2, 0) is 19.4 Å². The third-order valence-electron chi connectivity index (χ3n) is 3.67. The maximum Gasteiger partial charge on any atom is 0.323 e. The number of hydrogen-bond acceptors (Lipinski definition) is 5. The summed E-state index contributed by atoms with van der Waals surface area (Å²) in [6.07, 6.45) is 1.38. The van der Waals surface area contributed by atoms with E-state index in [0.717, 1.165) is 13.0 Å². The van der Waals surface area contributed by atoms with Crippen molar-refractivity contribution in [2.45, 2.75) is 31.3 Å². The van der Waals surface area contributed by atoms with Gasteiger partial charge in [0.05, 0.1) is 18.6 Å². The number of likely N-dealkylation sites (tertiary alicyclic amines) is 1. The Balaban J connectivity index is 2.12. The lowest BCUT2D eigenvalue weighted by molar-refractivity contribution is -0.156. The molecule has 2 rings (SSSR count). The van der Waals surface area contributed by atoms with Gasteiger partial charge in [0.2, 0.25) is 0 Å². The molecule has 0 amide bonds. The Kier molecular flexibility index (Phi) is 2.74. The van der Waals surface area contributed by atoms with Crippen molar-refractivity contribution in [2.24, 2.45) is 0 Å². The molecule has 0 radical (unpaired) electrons. The molecule has 2 unspecified atom stereocenters. The highest BCUT2D eigenvalue weighted by Crippen LogP contribution is 2.36. The van der Waals surface area contributed by atoms with E-state index >= 15 is 0 Å². The number of nitrogens with zero attached hydrogens (tertiary/aromatic N) is 1. The average molecular weight is 247 g/mol. The van der Waals surface area contributed by atoms with E-state index in [2.05, 4.69) is 0 Å². The second kappa shape index (κ2) is 3.70. The van der Waals surface area contributed by atoms with Gasteiger partial charge in [-0.3, -0.25) is 9.69 Å². The zero-order valence-electron chi connectivity index (χ0n) is 9.60. The fourth-order valence-electron chi connectivity index (χ4n) is 2.63. The van der Waals surface area contributed by atoms with Gasteiger partial charge < -0.3 is 4.74 Å². The molecule has 5 nitrogen and oxygen atoms in total. The van der Waals surface area contributed by atoms with Crippen LogP contribution in [0, 0.1) is 0 Å². The molecular weight excluding hydrogens is 230 g/mol. The first-order valence-corrected chi connectivity index (χ1v) is 7.25. The van der Waals surface area contributed by atoms with E-state index in [1.165, 1.54) is 7.11 Å². The zero-order chi connectivity index (χ0) is 12.0. The summed E-state index contributed by atoms with van der Waals surface area (Å²) in [4.78, 5) is 13.4. The van der Waals surface area contributed by atoms with Crippen molar-refractivity contribution in [3.63, 3.8) is 0 Å². The summed E-state index contributed by atoms with van der Waals surface area (Å²) in [6.45, 7) is 2.71. The third-order valence-corrected chi connectivity index (χ3v) is 5.56. The van der Waals surface area contributed by atoms with Crippen LogP contribution >= 0.6 is 0 Å². The second-order valence-electron chi connectivity index (χ2n) is 4.86. The van der Waals surface area contributed by atoms with Crippen molar-refractivity contribution < 1.29 is 17.9 Å². The van der Waals surface area contributed by atoms with Gasteiger partial charge in [0.25, 0.3) is 0 Å². The Morgan fingerprint density at radius 2 is 2.19 bits per heavy atom. The van der Waals surface area contributed by atoms with Crippen LogP contribution in [0.25, 0.3) is 0 Å². The van der Waals surface area contributed by atoms with Gasteiger partial charge in [0, 0.05) is 12.1 Å². The van der Waals surface area contributed by atoms with Crippen LogP contribution in [0.4, 0.5) is 0 Å². The predicted molar refractivity (Wildman–Crippen MR) is 58.8 cm³/mol. The Labute approximate surface area is 95.7 Å². The fraction of sp³-hybridized carbons (Fsp3) is 0.900. The molecule has 0 saturated carbocycles. The Morgan fingerprint density at radius 3 is 2.56 bits per heavy atom. The molecule has 2 aliphatic rings. The summed E-state index contributed by atoms with van der Waals surface area (Å²) in [6, 6.07) is -0.247. The number of methoxy groups -OCH3 is 1. The summed E-state index contributed by atoms with van der Waals surface area (Å²) in [5.41, 5.74) is -0.379. The highest BCUT2D eigenvalue weighted by Gasteiger charge is 2.50. The molecule has 2 saturated heterocycles. The van der Waals surface area contributed by atoms with E-state index < -0.39 is 9.84 Å². The lowest BCUT2D eigenvalue weighted by atomic mass is 9.90. The van der Waals surface area contributed by atoms with Gasteiger partial charge >= 0.3 is 5.97 Å². The van der Waals surface area contributed by atoms with Gasteiger partial charge in [-0.15, -0.1) is 0 Å². The van der Waals surface area contributed by atoms with Crippen LogP contribution in [0.5, 0.6) is 0 Å². The molecular formula is C10H17NO4S. The summed E-state index contributed by atoms with van der Waals surface area (Å²) in [5.74, 6) is 0.137. The maximum atomic E-state index is 11.5. The molecule has 0 bridgehead atoms. The van der Waals surface area contributed by atoms with Crippen LogP contribution in [0.15, 0.2) is 0 Å². The molecule has 0 aliphatic carbocycles. The van der Waals surface area contributed by atoms with Crippen molar-refractivity contribution in [3.05, 3.63) is 0 Å². The Bertz CT molecular complexity index is 405. The number of carbonyl (C=O) groups is 1. The molecule has 92 valence electrons. The molecule has 2 heterocycles. The summed E-state index contributed by atoms with van der Waals surface area (Å²) < 4.78 is 27.7. The van der Waals surface area contributed by atoms with Crippen LogP contribution in [0.3, 0.4) is 0 Å². The molecule has 0 aromatic carbocycles. The fourth-order valence-corrected chi connectivity index (χ4v) is 4.79. The third kappa shape index (κ3) is 1.84. The Morgan fingerprint density at radius 1 is 1.50 bits per heavy atom. The minimum atomic E-state index is -2.92. The summed E-state index contributed by atoms with van der Waals surface area (Å²) in [7, 11) is -1.56. The molecule has 6 heteroatoms. The highest BCUT2D eigenvalue weighted by molar-refractivity contribution is 7.91. The Hall–Kier alpha value is -0.620. The molecule has 0 aromatic heterocycles. The molecule has 2 atom stereocenters. The van der Waals surface area contributed by atoms with Crippen molar-refractivity contribution in [1.82, 2.24) is 4.90 Å². The zero-order valence-corrected chi connectivity index (χ0v) is 10.4. The van der Waals surface area contributed by atoms with Crippen molar-refractivity contribution >= 4 is 15.8 Å². The lowest BCUT2D eigenvalue weighted by Gasteiger charge is -2.48. The number of sulfone groups is 1. The number of rotatable bonds is 2. The van der Waals surface area contributed by atoms with Crippen LogP contribution in [0.2, 0.25) is 0 Å². The van der Waals surface area contributed by atoms with Crippen molar-refractivity contribution in [3.8, 4) is 0 Å². The number of carbonyl (C=O) groups excluding carboxylic acids is 1. The van der Waals surface area contributed by atoms with Crippen LogP contribution < -0.4 is 0 Å². The van der Waals surface area contributed by atoms with Gasteiger partial charge in [-0.25, -0.2) is 8.42 Å². The van der Waals surface area contributed by atoms with Gasteiger partial charge in [-0.1, -0.05) is 0 Å². The van der Waals surface area contributed by atoms with E-state index in [1.54, 1.807) is 0 Å². The smallest absolute Gasteiger partial charge is 0.323 e. The normalized spacial score (nSPS) is 38.0. The molecule has 2 fully saturated rings. The minimum Gasteiger partial charge on any atom is -0.468 e. The maximum absolute atomic E-state index is 11.5. The van der Waals surface area contributed by atoms with Crippen LogP contribution in [-0.4, -0.2) is 56.0 Å². The van der Waals surface area contributed by atoms with Gasteiger partial charge in [0.1, 0.15) is 6.04 Å². The molecule has 0 aromatic rings. The summed E-state index contributed by atoms with van der Waals surface area (Å²) in [5, 5.41) is 0. The molecule has 0 N–H and O–H groups in total. The quantitative estimate of drug-likeness (QED) is 0.633. The van der Waals surface area contributed by atoms with Crippen molar-refractivity contribution in [2.75, 3.05) is 25.2 Å². The topological polar surface area (TPSA) is 63.7 Å². The molecule has 2 aliphatic heterocycles. The number of esters is 1. The van der Waals surface area contributed by atoms with Crippen molar-refractivity contribution in [1.29, 1.82) is 0 Å². The predicted octanol–water partition coefficient (Wildman–Crippen LogP) is -0.189. The first kappa shape index (κ1) is 11.9. The van der Waals surface area contributed by atoms with Gasteiger partial charge in [0.15, 0.2) is 9.84 Å². The second-order valence-corrected chi connectivity index (χ2v) is 7.04. The number of ether oxygens (including phenoxy) is 1. The monoisotopic (exact) mass is 247 g/mol.